The molecule has 17 heavy (non-hydrogen) atoms. The zero-order valence-electron chi connectivity index (χ0n) is 9.31. The van der Waals surface area contributed by atoms with E-state index in [9.17, 15) is 18.0 Å². The molecule has 1 amide bonds. The molecule has 0 radical (unpaired) electrons. The summed E-state index contributed by atoms with van der Waals surface area (Å²) < 4.78 is 36.4. The maximum atomic E-state index is 12.1. The van der Waals surface area contributed by atoms with Gasteiger partial charge in [-0.05, 0) is 30.7 Å². The molecule has 6 heteroatoms. The normalized spacial score (nSPS) is 11.4. The zero-order chi connectivity index (χ0) is 13.2. The molecule has 0 saturated carbocycles. The van der Waals surface area contributed by atoms with E-state index in [1.54, 1.807) is 6.92 Å². The molecule has 0 bridgehead atoms. The summed E-state index contributed by atoms with van der Waals surface area (Å²) in [6.07, 6.45) is -4.40. The van der Waals surface area contributed by atoms with Gasteiger partial charge in [-0.1, -0.05) is 11.6 Å². The maximum absolute atomic E-state index is 12.1. The molecule has 0 unspecified atom stereocenters. The molecule has 0 saturated heterocycles. The van der Waals surface area contributed by atoms with E-state index in [0.29, 0.717) is 15.5 Å². The second kappa shape index (κ2) is 4.96. The number of nitrogens with zero attached hydrogens (tertiary/aromatic N) is 1. The highest BCUT2D eigenvalue weighted by molar-refractivity contribution is 6.30. The lowest BCUT2D eigenvalue weighted by Crippen LogP contribution is -2.36. The fraction of sp³-hybridized carbons (Fsp3) is 0.364. The molecule has 0 aliphatic rings. The van der Waals surface area contributed by atoms with Crippen LogP contribution in [-0.4, -0.2) is 30.6 Å². The Morgan fingerprint density at radius 2 is 2.00 bits per heavy atom. The summed E-state index contributed by atoms with van der Waals surface area (Å²) in [5.74, 6) is -0.670. The van der Waals surface area contributed by atoms with Crippen molar-refractivity contribution in [3.05, 3.63) is 34.3 Å². The van der Waals surface area contributed by atoms with Gasteiger partial charge >= 0.3 is 6.18 Å². The molecule has 0 aromatic heterocycles. The minimum Gasteiger partial charge on any atom is -0.333 e. The minimum atomic E-state index is -4.40. The fourth-order valence-electron chi connectivity index (χ4n) is 1.41. The Bertz CT molecular complexity index is 431. The van der Waals surface area contributed by atoms with Crippen LogP contribution < -0.4 is 0 Å². The Morgan fingerprint density at radius 1 is 1.41 bits per heavy atom. The van der Waals surface area contributed by atoms with Crippen LogP contribution in [0, 0.1) is 6.92 Å². The highest BCUT2D eigenvalue weighted by Crippen LogP contribution is 2.20. The average molecular weight is 266 g/mol. The Hall–Kier alpha value is -1.23. The van der Waals surface area contributed by atoms with Crippen molar-refractivity contribution in [2.24, 2.45) is 0 Å². The van der Waals surface area contributed by atoms with Crippen molar-refractivity contribution in [1.82, 2.24) is 4.90 Å². The first-order chi connectivity index (χ1) is 7.70. The van der Waals surface area contributed by atoms with Crippen molar-refractivity contribution in [1.29, 1.82) is 0 Å². The van der Waals surface area contributed by atoms with Gasteiger partial charge in [0.1, 0.15) is 6.54 Å². The summed E-state index contributed by atoms with van der Waals surface area (Å²) in [6, 6.07) is 4.44. The van der Waals surface area contributed by atoms with Gasteiger partial charge in [-0.2, -0.15) is 13.2 Å². The third kappa shape index (κ3) is 3.93. The van der Waals surface area contributed by atoms with Gasteiger partial charge in [-0.15, -0.1) is 0 Å². The first kappa shape index (κ1) is 13.8. The number of aryl methyl sites for hydroxylation is 1. The minimum absolute atomic E-state index is 0.223. The standard InChI is InChI=1S/C11H11ClF3NO/c1-7-5-8(12)3-4-9(7)10(17)16(2)6-11(13,14)15/h3-5H,6H2,1-2H3. The van der Waals surface area contributed by atoms with Crippen LogP contribution in [-0.2, 0) is 0 Å². The number of hydrogen-bond donors (Lipinski definition) is 0. The lowest BCUT2D eigenvalue weighted by atomic mass is 10.1. The SMILES string of the molecule is Cc1cc(Cl)ccc1C(=O)N(C)CC(F)(F)F. The predicted octanol–water partition coefficient (Wildman–Crippen LogP) is 3.28. The monoisotopic (exact) mass is 265 g/mol. The van der Waals surface area contributed by atoms with E-state index in [2.05, 4.69) is 0 Å². The summed E-state index contributed by atoms with van der Waals surface area (Å²) in [6.45, 7) is 0.356. The van der Waals surface area contributed by atoms with Crippen LogP contribution in [0.5, 0.6) is 0 Å². The van der Waals surface area contributed by atoms with Crippen molar-refractivity contribution in [3.63, 3.8) is 0 Å². The van der Waals surface area contributed by atoms with E-state index in [4.69, 9.17) is 11.6 Å². The number of carbonyl (C=O) groups excluding carboxylic acids is 1. The zero-order valence-corrected chi connectivity index (χ0v) is 10.1. The van der Waals surface area contributed by atoms with Gasteiger partial charge in [-0.25, -0.2) is 0 Å². The number of benzene rings is 1. The molecule has 94 valence electrons. The largest absolute Gasteiger partial charge is 0.406 e. The third-order valence-electron chi connectivity index (χ3n) is 2.18. The van der Waals surface area contributed by atoms with Gasteiger partial charge in [-0.3, -0.25) is 4.79 Å². The van der Waals surface area contributed by atoms with E-state index in [1.807, 2.05) is 0 Å². The summed E-state index contributed by atoms with van der Waals surface area (Å²) in [4.78, 5) is 12.4. The molecule has 1 aromatic rings. The van der Waals surface area contributed by atoms with Crippen molar-refractivity contribution in [3.8, 4) is 0 Å². The van der Waals surface area contributed by atoms with Crippen LogP contribution in [0.3, 0.4) is 0 Å². The molecule has 0 atom stereocenters. The molecular formula is C11H11ClF3NO. The number of carbonyl (C=O) groups is 1. The number of alkyl halides is 3. The summed E-state index contributed by atoms with van der Waals surface area (Å²) in [7, 11) is 1.11. The molecule has 0 aliphatic carbocycles. The van der Waals surface area contributed by atoms with Crippen LogP contribution in [0.15, 0.2) is 18.2 Å². The smallest absolute Gasteiger partial charge is 0.333 e. The fourth-order valence-corrected chi connectivity index (χ4v) is 1.64. The Balaban J connectivity index is 2.89. The summed E-state index contributed by atoms with van der Waals surface area (Å²) in [5, 5.41) is 0.442. The van der Waals surface area contributed by atoms with Gasteiger partial charge < -0.3 is 4.90 Å². The molecular weight excluding hydrogens is 255 g/mol. The summed E-state index contributed by atoms with van der Waals surface area (Å²) >= 11 is 5.70. The van der Waals surface area contributed by atoms with Gasteiger partial charge in [0, 0.05) is 17.6 Å². The molecule has 1 rings (SSSR count). The van der Waals surface area contributed by atoms with Crippen LogP contribution >= 0.6 is 11.6 Å². The summed E-state index contributed by atoms with van der Waals surface area (Å²) in [5.41, 5.74) is 0.776. The van der Waals surface area contributed by atoms with Crippen LogP contribution in [0.2, 0.25) is 5.02 Å². The lowest BCUT2D eigenvalue weighted by molar-refractivity contribution is -0.138. The van der Waals surface area contributed by atoms with E-state index < -0.39 is 18.6 Å². The number of amides is 1. The van der Waals surface area contributed by atoms with Gasteiger partial charge in [0.15, 0.2) is 0 Å². The lowest BCUT2D eigenvalue weighted by Gasteiger charge is -2.19. The maximum Gasteiger partial charge on any atom is 0.406 e. The number of halogens is 4. The second-order valence-corrected chi connectivity index (χ2v) is 4.17. The van der Waals surface area contributed by atoms with Crippen LogP contribution in [0.4, 0.5) is 13.2 Å². The molecule has 0 heterocycles. The van der Waals surface area contributed by atoms with Gasteiger partial charge in [0.25, 0.3) is 5.91 Å². The van der Waals surface area contributed by atoms with Crippen molar-refractivity contribution < 1.29 is 18.0 Å². The van der Waals surface area contributed by atoms with Crippen LogP contribution in [0.1, 0.15) is 15.9 Å². The Labute approximate surface area is 102 Å². The van der Waals surface area contributed by atoms with E-state index in [-0.39, 0.29) is 5.56 Å². The van der Waals surface area contributed by atoms with Crippen molar-refractivity contribution in [2.45, 2.75) is 13.1 Å². The predicted molar refractivity (Wildman–Crippen MR) is 59.2 cm³/mol. The first-order valence-electron chi connectivity index (χ1n) is 4.79. The second-order valence-electron chi connectivity index (χ2n) is 3.74. The molecule has 0 spiro atoms. The quantitative estimate of drug-likeness (QED) is 0.804. The molecule has 0 aliphatic heterocycles. The van der Waals surface area contributed by atoms with Gasteiger partial charge in [0.2, 0.25) is 0 Å². The molecule has 0 N–H and O–H groups in total. The van der Waals surface area contributed by atoms with E-state index in [0.717, 1.165) is 7.05 Å². The van der Waals surface area contributed by atoms with E-state index >= 15 is 0 Å². The van der Waals surface area contributed by atoms with Gasteiger partial charge in [0.05, 0.1) is 0 Å². The Kier molecular flexibility index (Phi) is 4.03. The highest BCUT2D eigenvalue weighted by atomic mass is 35.5. The number of rotatable bonds is 2. The first-order valence-corrected chi connectivity index (χ1v) is 5.17. The topological polar surface area (TPSA) is 20.3 Å². The third-order valence-corrected chi connectivity index (χ3v) is 2.42. The molecule has 0 fully saturated rings. The van der Waals surface area contributed by atoms with E-state index in [1.165, 1.54) is 18.2 Å². The average Bonchev–Trinajstić information content (AvgIpc) is 2.14. The highest BCUT2D eigenvalue weighted by Gasteiger charge is 2.31. The van der Waals surface area contributed by atoms with Crippen molar-refractivity contribution in [2.75, 3.05) is 13.6 Å². The molecule has 2 nitrogen and oxygen atoms in total. The van der Waals surface area contributed by atoms with Crippen molar-refractivity contribution >= 4 is 17.5 Å². The van der Waals surface area contributed by atoms with Crippen LogP contribution in [0.25, 0.3) is 0 Å². The molecule has 1 aromatic carbocycles. The number of hydrogen-bond acceptors (Lipinski definition) is 1. The Morgan fingerprint density at radius 3 is 2.47 bits per heavy atom.